The van der Waals surface area contributed by atoms with Crippen LogP contribution in [0.1, 0.15) is 20.8 Å². The molecule has 1 unspecified atom stereocenters. The third-order valence-electron chi connectivity index (χ3n) is 1.27. The van der Waals surface area contributed by atoms with Crippen molar-refractivity contribution in [3.05, 3.63) is 0 Å². The highest BCUT2D eigenvalue weighted by Crippen LogP contribution is 2.00. The van der Waals surface area contributed by atoms with Crippen LogP contribution >= 0.6 is 0 Å². The summed E-state index contributed by atoms with van der Waals surface area (Å²) >= 11 is 0. The first-order valence-corrected chi connectivity index (χ1v) is 3.89. The number of Topliss-reactive ketones (excluding diaryl/α,β-unsaturated/α-hetero) is 1. The number of aliphatic hydroxyl groups is 1. The van der Waals surface area contributed by atoms with E-state index in [1.165, 1.54) is 6.92 Å². The van der Waals surface area contributed by atoms with E-state index in [4.69, 9.17) is 10.5 Å². The second-order valence-electron chi connectivity index (χ2n) is 3.54. The van der Waals surface area contributed by atoms with Crippen molar-refractivity contribution in [2.24, 2.45) is 5.73 Å². The average Bonchev–Trinajstić information content (AvgIpc) is 1.84. The Balaban J connectivity index is 3.51. The quantitative estimate of drug-likeness (QED) is 0.601. The van der Waals surface area contributed by atoms with Gasteiger partial charge in [-0.25, -0.2) is 0 Å². The molecule has 0 aliphatic carbocycles. The summed E-state index contributed by atoms with van der Waals surface area (Å²) in [5.74, 6) is -0.106. The predicted octanol–water partition coefficient (Wildman–Crippen LogP) is -0.310. The van der Waals surface area contributed by atoms with Gasteiger partial charge in [0, 0.05) is 0 Å². The third-order valence-corrected chi connectivity index (χ3v) is 1.27. The lowest BCUT2D eigenvalue weighted by atomic mass is 10.2. The molecule has 0 radical (unpaired) electrons. The lowest BCUT2D eigenvalue weighted by Crippen LogP contribution is -2.36. The van der Waals surface area contributed by atoms with Crippen LogP contribution in [0.25, 0.3) is 0 Å². The second-order valence-corrected chi connectivity index (χ2v) is 3.54. The Kier molecular flexibility index (Phi) is 4.37. The van der Waals surface area contributed by atoms with Gasteiger partial charge in [0.2, 0.25) is 0 Å². The molecular formula is C8H17NO3. The van der Waals surface area contributed by atoms with Crippen molar-refractivity contribution >= 4 is 5.78 Å². The molecule has 0 saturated carbocycles. The normalized spacial score (nSPS) is 14.4. The minimum atomic E-state index is -0.865. The maximum atomic E-state index is 10.6. The number of carbonyl (C=O) groups excluding carboxylic acids is 1. The highest BCUT2D eigenvalue weighted by atomic mass is 16.5. The number of ether oxygens (including phenoxy) is 1. The summed E-state index contributed by atoms with van der Waals surface area (Å²) in [5.41, 5.74) is 4.53. The summed E-state index contributed by atoms with van der Waals surface area (Å²) in [5, 5.41) is 9.22. The summed E-state index contributed by atoms with van der Waals surface area (Å²) in [7, 11) is 0. The van der Waals surface area contributed by atoms with E-state index in [-0.39, 0.29) is 19.0 Å². The maximum Gasteiger partial charge on any atom is 0.148 e. The van der Waals surface area contributed by atoms with Gasteiger partial charge in [-0.15, -0.1) is 0 Å². The monoisotopic (exact) mass is 175 g/mol. The zero-order valence-electron chi connectivity index (χ0n) is 7.83. The molecule has 4 nitrogen and oxygen atoms in total. The van der Waals surface area contributed by atoms with E-state index in [0.29, 0.717) is 0 Å². The zero-order valence-corrected chi connectivity index (χ0v) is 7.83. The van der Waals surface area contributed by atoms with Crippen molar-refractivity contribution in [3.63, 3.8) is 0 Å². The standard InChI is InChI=1S/C8H17NO3/c1-6(10)7(9)4-12-5-8(2,3)11/h7,11H,4-5,9H2,1-3H3. The number of carbonyl (C=O) groups is 1. The molecule has 0 aliphatic heterocycles. The Morgan fingerprint density at radius 2 is 2.17 bits per heavy atom. The van der Waals surface area contributed by atoms with Crippen molar-refractivity contribution in [3.8, 4) is 0 Å². The van der Waals surface area contributed by atoms with Crippen molar-refractivity contribution in [1.82, 2.24) is 0 Å². The highest BCUT2D eigenvalue weighted by molar-refractivity contribution is 5.81. The summed E-state index contributed by atoms with van der Waals surface area (Å²) in [6.45, 7) is 5.03. The first-order chi connectivity index (χ1) is 5.33. The fraction of sp³-hybridized carbons (Fsp3) is 0.875. The van der Waals surface area contributed by atoms with E-state index in [1.54, 1.807) is 13.8 Å². The first-order valence-electron chi connectivity index (χ1n) is 3.89. The van der Waals surface area contributed by atoms with Crippen LogP contribution in [-0.4, -0.2) is 35.7 Å². The van der Waals surface area contributed by atoms with Gasteiger partial charge in [0.15, 0.2) is 0 Å². The molecule has 0 aromatic rings. The molecule has 0 heterocycles. The summed E-state index contributed by atoms with van der Waals surface area (Å²) in [6, 6.07) is -0.577. The van der Waals surface area contributed by atoms with Gasteiger partial charge in [0.05, 0.1) is 24.9 Å². The molecule has 0 spiro atoms. The van der Waals surface area contributed by atoms with Crippen molar-refractivity contribution in [1.29, 1.82) is 0 Å². The average molecular weight is 175 g/mol. The maximum absolute atomic E-state index is 10.6. The van der Waals surface area contributed by atoms with Crippen LogP contribution in [0.3, 0.4) is 0 Å². The lowest BCUT2D eigenvalue weighted by Gasteiger charge is -2.18. The Labute approximate surface area is 72.7 Å². The smallest absolute Gasteiger partial charge is 0.148 e. The van der Waals surface area contributed by atoms with E-state index in [9.17, 15) is 9.90 Å². The van der Waals surface area contributed by atoms with Crippen LogP contribution in [0.2, 0.25) is 0 Å². The molecule has 0 rings (SSSR count). The van der Waals surface area contributed by atoms with Crippen molar-refractivity contribution < 1.29 is 14.6 Å². The van der Waals surface area contributed by atoms with E-state index < -0.39 is 11.6 Å². The van der Waals surface area contributed by atoms with Gasteiger partial charge in [0.25, 0.3) is 0 Å². The van der Waals surface area contributed by atoms with E-state index in [2.05, 4.69) is 0 Å². The molecule has 72 valence electrons. The minimum Gasteiger partial charge on any atom is -0.388 e. The van der Waals surface area contributed by atoms with Crippen LogP contribution < -0.4 is 5.73 Å². The van der Waals surface area contributed by atoms with Gasteiger partial charge in [-0.1, -0.05) is 0 Å². The van der Waals surface area contributed by atoms with Crippen LogP contribution in [0.4, 0.5) is 0 Å². The predicted molar refractivity (Wildman–Crippen MR) is 45.8 cm³/mol. The molecule has 1 atom stereocenters. The number of rotatable bonds is 5. The van der Waals surface area contributed by atoms with Crippen LogP contribution in [0, 0.1) is 0 Å². The molecule has 0 aliphatic rings. The van der Waals surface area contributed by atoms with Crippen LogP contribution in [-0.2, 0) is 9.53 Å². The van der Waals surface area contributed by atoms with E-state index in [0.717, 1.165) is 0 Å². The molecule has 0 fully saturated rings. The minimum absolute atomic E-state index is 0.106. The fourth-order valence-electron chi connectivity index (χ4n) is 0.553. The molecule has 0 amide bonds. The van der Waals surface area contributed by atoms with Crippen LogP contribution in [0.5, 0.6) is 0 Å². The topological polar surface area (TPSA) is 72.6 Å². The molecule has 3 N–H and O–H groups in total. The molecule has 4 heteroatoms. The molecular weight excluding hydrogens is 158 g/mol. The Bertz CT molecular complexity index is 151. The van der Waals surface area contributed by atoms with Gasteiger partial charge in [-0.05, 0) is 20.8 Å². The largest absolute Gasteiger partial charge is 0.388 e. The molecule has 0 aromatic heterocycles. The van der Waals surface area contributed by atoms with E-state index in [1.807, 2.05) is 0 Å². The number of nitrogens with two attached hydrogens (primary N) is 1. The third kappa shape index (κ3) is 6.27. The summed E-state index contributed by atoms with van der Waals surface area (Å²) in [6.07, 6.45) is 0. The molecule has 0 bridgehead atoms. The second kappa shape index (κ2) is 4.54. The molecule has 0 aromatic carbocycles. The van der Waals surface area contributed by atoms with E-state index >= 15 is 0 Å². The first kappa shape index (κ1) is 11.6. The number of hydrogen-bond donors (Lipinski definition) is 2. The summed E-state index contributed by atoms with van der Waals surface area (Å²) in [4.78, 5) is 10.6. The number of ketones is 1. The SMILES string of the molecule is CC(=O)C(N)COCC(C)(C)O. The van der Waals surface area contributed by atoms with Crippen LogP contribution in [0.15, 0.2) is 0 Å². The van der Waals surface area contributed by atoms with Gasteiger partial charge in [0.1, 0.15) is 5.78 Å². The lowest BCUT2D eigenvalue weighted by molar-refractivity contribution is -0.120. The Hall–Kier alpha value is -0.450. The molecule has 12 heavy (non-hydrogen) atoms. The van der Waals surface area contributed by atoms with Gasteiger partial charge in [-0.2, -0.15) is 0 Å². The van der Waals surface area contributed by atoms with Crippen molar-refractivity contribution in [2.75, 3.05) is 13.2 Å². The number of hydrogen-bond acceptors (Lipinski definition) is 4. The van der Waals surface area contributed by atoms with Gasteiger partial charge < -0.3 is 15.6 Å². The van der Waals surface area contributed by atoms with Gasteiger partial charge >= 0.3 is 0 Å². The Morgan fingerprint density at radius 1 is 1.67 bits per heavy atom. The molecule has 0 saturated heterocycles. The van der Waals surface area contributed by atoms with Crippen molar-refractivity contribution in [2.45, 2.75) is 32.4 Å². The fourth-order valence-corrected chi connectivity index (χ4v) is 0.553. The Morgan fingerprint density at radius 3 is 2.50 bits per heavy atom. The zero-order chi connectivity index (χ0) is 9.78. The van der Waals surface area contributed by atoms with Gasteiger partial charge in [-0.3, -0.25) is 4.79 Å². The highest BCUT2D eigenvalue weighted by Gasteiger charge is 2.14. The summed E-state index contributed by atoms with van der Waals surface area (Å²) < 4.78 is 5.03.